The Morgan fingerprint density at radius 1 is 1.22 bits per heavy atom. The van der Waals surface area contributed by atoms with Crippen LogP contribution < -0.4 is 9.47 Å². The molecule has 0 spiro atoms. The molecule has 0 fully saturated rings. The third kappa shape index (κ3) is 2.49. The first-order valence-corrected chi connectivity index (χ1v) is 6.67. The van der Waals surface area contributed by atoms with Gasteiger partial charge in [0.2, 0.25) is 0 Å². The Morgan fingerprint density at radius 2 is 2.00 bits per heavy atom. The van der Waals surface area contributed by atoms with Gasteiger partial charge in [-0.05, 0) is 24.4 Å². The van der Waals surface area contributed by atoms with Gasteiger partial charge >= 0.3 is 0 Å². The SMILES string of the molecule is CCOc1ccccc1C(O)c1sccc1OC. The summed E-state index contributed by atoms with van der Waals surface area (Å²) < 4.78 is 10.8. The maximum absolute atomic E-state index is 10.5. The van der Waals surface area contributed by atoms with E-state index >= 15 is 0 Å². The second-order valence-corrected chi connectivity index (χ2v) is 4.67. The number of aliphatic hydroxyl groups excluding tert-OH is 1. The lowest BCUT2D eigenvalue weighted by Crippen LogP contribution is -2.03. The van der Waals surface area contributed by atoms with E-state index in [2.05, 4.69) is 0 Å². The van der Waals surface area contributed by atoms with Gasteiger partial charge < -0.3 is 14.6 Å². The number of aliphatic hydroxyl groups is 1. The first kappa shape index (κ1) is 12.9. The van der Waals surface area contributed by atoms with Gasteiger partial charge in [0.1, 0.15) is 17.6 Å². The monoisotopic (exact) mass is 264 g/mol. The van der Waals surface area contributed by atoms with Gasteiger partial charge in [-0.15, -0.1) is 11.3 Å². The van der Waals surface area contributed by atoms with E-state index in [1.807, 2.05) is 42.6 Å². The molecule has 1 atom stereocenters. The number of hydrogen-bond acceptors (Lipinski definition) is 4. The minimum Gasteiger partial charge on any atom is -0.495 e. The molecule has 96 valence electrons. The van der Waals surface area contributed by atoms with Crippen molar-refractivity contribution in [1.29, 1.82) is 0 Å². The average Bonchev–Trinajstić information content (AvgIpc) is 2.87. The molecule has 0 aliphatic heterocycles. The topological polar surface area (TPSA) is 38.7 Å². The molecule has 0 aliphatic rings. The second-order valence-electron chi connectivity index (χ2n) is 3.73. The van der Waals surface area contributed by atoms with Crippen molar-refractivity contribution in [3.8, 4) is 11.5 Å². The van der Waals surface area contributed by atoms with E-state index in [0.29, 0.717) is 18.1 Å². The molecule has 0 radical (unpaired) electrons. The molecular weight excluding hydrogens is 248 g/mol. The smallest absolute Gasteiger partial charge is 0.135 e. The summed E-state index contributed by atoms with van der Waals surface area (Å²) in [6, 6.07) is 9.37. The molecule has 1 aromatic heterocycles. The summed E-state index contributed by atoms with van der Waals surface area (Å²) in [5.74, 6) is 1.42. The normalized spacial score (nSPS) is 12.2. The number of hydrogen-bond donors (Lipinski definition) is 1. The zero-order valence-corrected chi connectivity index (χ0v) is 11.2. The van der Waals surface area contributed by atoms with E-state index in [0.717, 1.165) is 10.4 Å². The van der Waals surface area contributed by atoms with Crippen molar-refractivity contribution in [2.75, 3.05) is 13.7 Å². The number of benzene rings is 1. The molecule has 0 bridgehead atoms. The van der Waals surface area contributed by atoms with E-state index in [1.165, 1.54) is 11.3 Å². The zero-order valence-electron chi connectivity index (χ0n) is 10.4. The summed E-state index contributed by atoms with van der Waals surface area (Å²) in [5, 5.41) is 12.4. The fourth-order valence-corrected chi connectivity index (χ4v) is 2.67. The molecule has 1 aromatic carbocycles. The van der Waals surface area contributed by atoms with Crippen molar-refractivity contribution in [3.63, 3.8) is 0 Å². The van der Waals surface area contributed by atoms with Gasteiger partial charge in [-0.1, -0.05) is 18.2 Å². The van der Waals surface area contributed by atoms with Crippen molar-refractivity contribution in [2.45, 2.75) is 13.0 Å². The summed E-state index contributed by atoms with van der Waals surface area (Å²) in [7, 11) is 1.60. The Balaban J connectivity index is 2.36. The van der Waals surface area contributed by atoms with Crippen LogP contribution in [0.2, 0.25) is 0 Å². The molecule has 2 rings (SSSR count). The molecule has 0 aliphatic carbocycles. The molecule has 0 saturated carbocycles. The number of ether oxygens (including phenoxy) is 2. The number of thiophene rings is 1. The van der Waals surface area contributed by atoms with E-state index in [-0.39, 0.29) is 0 Å². The molecule has 0 amide bonds. The Bertz CT molecular complexity index is 507. The van der Waals surface area contributed by atoms with Crippen LogP contribution in [-0.2, 0) is 0 Å². The van der Waals surface area contributed by atoms with Crippen molar-refractivity contribution in [1.82, 2.24) is 0 Å². The zero-order chi connectivity index (χ0) is 13.0. The van der Waals surface area contributed by atoms with Crippen LogP contribution in [0, 0.1) is 0 Å². The number of methoxy groups -OCH3 is 1. The van der Waals surface area contributed by atoms with E-state index in [4.69, 9.17) is 9.47 Å². The lowest BCUT2D eigenvalue weighted by molar-refractivity contribution is 0.211. The van der Waals surface area contributed by atoms with Crippen LogP contribution in [-0.4, -0.2) is 18.8 Å². The van der Waals surface area contributed by atoms with Gasteiger partial charge in [0.25, 0.3) is 0 Å². The van der Waals surface area contributed by atoms with E-state index in [1.54, 1.807) is 7.11 Å². The fourth-order valence-electron chi connectivity index (χ4n) is 1.81. The highest BCUT2D eigenvalue weighted by Crippen LogP contribution is 2.37. The van der Waals surface area contributed by atoms with Gasteiger partial charge in [-0.2, -0.15) is 0 Å². The van der Waals surface area contributed by atoms with E-state index < -0.39 is 6.10 Å². The second kappa shape index (κ2) is 5.89. The minimum absolute atomic E-state index is 0.575. The molecule has 1 unspecified atom stereocenters. The Labute approximate surface area is 111 Å². The fraction of sp³-hybridized carbons (Fsp3) is 0.286. The van der Waals surface area contributed by atoms with Crippen LogP contribution in [0.5, 0.6) is 11.5 Å². The summed E-state index contributed by atoms with van der Waals surface area (Å²) in [5.41, 5.74) is 0.764. The highest BCUT2D eigenvalue weighted by molar-refractivity contribution is 7.10. The van der Waals surface area contributed by atoms with Crippen molar-refractivity contribution in [2.24, 2.45) is 0 Å². The number of rotatable bonds is 5. The predicted octanol–water partition coefficient (Wildman–Crippen LogP) is 3.24. The third-order valence-electron chi connectivity index (χ3n) is 2.64. The van der Waals surface area contributed by atoms with Crippen molar-refractivity contribution >= 4 is 11.3 Å². The lowest BCUT2D eigenvalue weighted by Gasteiger charge is -2.15. The molecule has 2 aromatic rings. The number of para-hydroxylation sites is 1. The van der Waals surface area contributed by atoms with Gasteiger partial charge in [0.15, 0.2) is 0 Å². The predicted molar refractivity (Wildman–Crippen MR) is 72.5 cm³/mol. The van der Waals surface area contributed by atoms with Crippen LogP contribution in [0.4, 0.5) is 0 Å². The average molecular weight is 264 g/mol. The summed E-state index contributed by atoms with van der Waals surface area (Å²) in [4.78, 5) is 0.796. The van der Waals surface area contributed by atoms with Crippen LogP contribution >= 0.6 is 11.3 Å². The minimum atomic E-state index is -0.720. The first-order valence-electron chi connectivity index (χ1n) is 5.79. The van der Waals surface area contributed by atoms with Gasteiger partial charge in [-0.3, -0.25) is 0 Å². The van der Waals surface area contributed by atoms with Crippen LogP contribution in [0.3, 0.4) is 0 Å². The highest BCUT2D eigenvalue weighted by atomic mass is 32.1. The first-order chi connectivity index (χ1) is 8.77. The highest BCUT2D eigenvalue weighted by Gasteiger charge is 2.20. The largest absolute Gasteiger partial charge is 0.495 e. The standard InChI is InChI=1S/C14H16O3S/c1-3-17-11-7-5-4-6-10(11)13(15)14-12(16-2)8-9-18-14/h4-9,13,15H,3H2,1-2H3. The molecule has 1 N–H and O–H groups in total. The Morgan fingerprint density at radius 3 is 2.72 bits per heavy atom. The van der Waals surface area contributed by atoms with Gasteiger partial charge in [-0.25, -0.2) is 0 Å². The summed E-state index contributed by atoms with van der Waals surface area (Å²) in [6.45, 7) is 2.50. The van der Waals surface area contributed by atoms with E-state index in [9.17, 15) is 5.11 Å². The van der Waals surface area contributed by atoms with Gasteiger partial charge in [0.05, 0.1) is 18.6 Å². The summed E-state index contributed by atoms with van der Waals surface area (Å²) in [6.07, 6.45) is -0.720. The van der Waals surface area contributed by atoms with Crippen molar-refractivity contribution < 1.29 is 14.6 Å². The van der Waals surface area contributed by atoms with Crippen LogP contribution in [0.25, 0.3) is 0 Å². The molecule has 3 nitrogen and oxygen atoms in total. The van der Waals surface area contributed by atoms with Gasteiger partial charge in [0, 0.05) is 5.56 Å². The molecular formula is C14H16O3S. The Hall–Kier alpha value is -1.52. The summed E-state index contributed by atoms with van der Waals surface area (Å²) >= 11 is 1.47. The third-order valence-corrected chi connectivity index (χ3v) is 3.59. The molecule has 4 heteroatoms. The molecule has 18 heavy (non-hydrogen) atoms. The maximum Gasteiger partial charge on any atom is 0.135 e. The van der Waals surface area contributed by atoms with Crippen molar-refractivity contribution in [3.05, 3.63) is 46.2 Å². The van der Waals surface area contributed by atoms with Crippen LogP contribution in [0.15, 0.2) is 35.7 Å². The van der Waals surface area contributed by atoms with Crippen LogP contribution in [0.1, 0.15) is 23.5 Å². The lowest BCUT2D eigenvalue weighted by atomic mass is 10.1. The quantitative estimate of drug-likeness (QED) is 0.901. The Kier molecular flexibility index (Phi) is 4.23. The molecule has 0 saturated heterocycles. The molecule has 1 heterocycles. The maximum atomic E-state index is 10.5.